The first-order valence-corrected chi connectivity index (χ1v) is 6.15. The van der Waals surface area contributed by atoms with Gasteiger partial charge in [-0.3, -0.25) is 0 Å². The summed E-state index contributed by atoms with van der Waals surface area (Å²) in [4.78, 5) is 0. The molecular formula is C14H16ClNO. The molecule has 1 aromatic heterocycles. The van der Waals surface area contributed by atoms with Gasteiger partial charge < -0.3 is 9.73 Å². The zero-order valence-corrected chi connectivity index (χ0v) is 10.8. The molecule has 0 aliphatic rings. The maximum absolute atomic E-state index is 6.31. The van der Waals surface area contributed by atoms with Crippen molar-refractivity contribution in [3.63, 3.8) is 0 Å². The van der Waals surface area contributed by atoms with Gasteiger partial charge >= 0.3 is 0 Å². The fraction of sp³-hybridized carbons (Fsp3) is 0.286. The SMILES string of the molecule is CCNC(C)c1ccc(-c2ccoc2)cc1Cl. The van der Waals surface area contributed by atoms with E-state index in [1.807, 2.05) is 12.1 Å². The first-order valence-electron chi connectivity index (χ1n) is 5.77. The lowest BCUT2D eigenvalue weighted by atomic mass is 10.0. The molecule has 90 valence electrons. The number of rotatable bonds is 4. The Morgan fingerprint density at radius 3 is 2.71 bits per heavy atom. The van der Waals surface area contributed by atoms with Crippen LogP contribution in [-0.4, -0.2) is 6.54 Å². The minimum absolute atomic E-state index is 0.269. The van der Waals surface area contributed by atoms with Crippen molar-refractivity contribution in [1.29, 1.82) is 0 Å². The van der Waals surface area contributed by atoms with Crippen molar-refractivity contribution in [2.75, 3.05) is 6.54 Å². The summed E-state index contributed by atoms with van der Waals surface area (Å²) in [6.45, 7) is 5.13. The third kappa shape index (κ3) is 2.71. The highest BCUT2D eigenvalue weighted by Gasteiger charge is 2.09. The smallest absolute Gasteiger partial charge is 0.0980 e. The molecule has 0 radical (unpaired) electrons. The van der Waals surface area contributed by atoms with Gasteiger partial charge in [0.15, 0.2) is 0 Å². The molecule has 2 nitrogen and oxygen atoms in total. The zero-order chi connectivity index (χ0) is 12.3. The van der Waals surface area contributed by atoms with Gasteiger partial charge in [0.05, 0.1) is 12.5 Å². The van der Waals surface area contributed by atoms with E-state index in [4.69, 9.17) is 16.0 Å². The summed E-state index contributed by atoms with van der Waals surface area (Å²) in [6, 6.07) is 8.32. The van der Waals surface area contributed by atoms with Crippen LogP contribution in [0.25, 0.3) is 11.1 Å². The molecule has 1 N–H and O–H groups in total. The van der Waals surface area contributed by atoms with Crippen LogP contribution in [-0.2, 0) is 0 Å². The van der Waals surface area contributed by atoms with Crippen LogP contribution >= 0.6 is 11.6 Å². The molecule has 0 aliphatic heterocycles. The Kier molecular flexibility index (Phi) is 3.87. The normalized spacial score (nSPS) is 12.6. The van der Waals surface area contributed by atoms with Crippen molar-refractivity contribution in [2.24, 2.45) is 0 Å². The van der Waals surface area contributed by atoms with E-state index in [0.717, 1.165) is 28.3 Å². The van der Waals surface area contributed by atoms with Crippen molar-refractivity contribution >= 4 is 11.6 Å². The van der Waals surface area contributed by atoms with E-state index in [9.17, 15) is 0 Å². The largest absolute Gasteiger partial charge is 0.472 e. The van der Waals surface area contributed by atoms with Crippen molar-refractivity contribution in [2.45, 2.75) is 19.9 Å². The summed E-state index contributed by atoms with van der Waals surface area (Å²) in [6.07, 6.45) is 3.39. The number of hydrogen-bond donors (Lipinski definition) is 1. The summed E-state index contributed by atoms with van der Waals surface area (Å²) in [5.41, 5.74) is 3.26. The van der Waals surface area contributed by atoms with Crippen molar-refractivity contribution in [1.82, 2.24) is 5.32 Å². The molecule has 0 saturated heterocycles. The molecule has 0 aliphatic carbocycles. The quantitative estimate of drug-likeness (QED) is 0.875. The minimum atomic E-state index is 0.269. The number of furan rings is 1. The van der Waals surface area contributed by atoms with Gasteiger partial charge in [-0.2, -0.15) is 0 Å². The molecule has 17 heavy (non-hydrogen) atoms. The zero-order valence-electron chi connectivity index (χ0n) is 10.0. The fourth-order valence-electron chi connectivity index (χ4n) is 1.90. The van der Waals surface area contributed by atoms with Crippen LogP contribution in [0.1, 0.15) is 25.5 Å². The first-order chi connectivity index (χ1) is 8.22. The lowest BCUT2D eigenvalue weighted by molar-refractivity contribution is 0.568. The summed E-state index contributed by atoms with van der Waals surface area (Å²) in [7, 11) is 0. The Morgan fingerprint density at radius 1 is 1.29 bits per heavy atom. The molecule has 1 atom stereocenters. The van der Waals surface area contributed by atoms with E-state index in [0.29, 0.717) is 0 Å². The molecule has 0 amide bonds. The van der Waals surface area contributed by atoms with Crippen LogP contribution in [0.2, 0.25) is 5.02 Å². The Balaban J connectivity index is 2.29. The molecule has 0 fully saturated rings. The van der Waals surface area contributed by atoms with E-state index in [1.165, 1.54) is 0 Å². The Hall–Kier alpha value is -1.25. The third-order valence-corrected chi connectivity index (χ3v) is 3.16. The van der Waals surface area contributed by atoms with Crippen LogP contribution in [0.4, 0.5) is 0 Å². The predicted octanol–water partition coefficient (Wildman–Crippen LogP) is 4.27. The van der Waals surface area contributed by atoms with Crippen molar-refractivity contribution in [3.8, 4) is 11.1 Å². The summed E-state index contributed by atoms with van der Waals surface area (Å²) < 4.78 is 5.07. The summed E-state index contributed by atoms with van der Waals surface area (Å²) >= 11 is 6.31. The molecule has 2 rings (SSSR count). The van der Waals surface area contributed by atoms with Crippen molar-refractivity contribution < 1.29 is 4.42 Å². The Morgan fingerprint density at radius 2 is 2.12 bits per heavy atom. The Labute approximate surface area is 107 Å². The molecule has 0 saturated carbocycles. The molecule has 2 aromatic rings. The minimum Gasteiger partial charge on any atom is -0.472 e. The van der Waals surface area contributed by atoms with E-state index in [-0.39, 0.29) is 6.04 Å². The second-order valence-electron chi connectivity index (χ2n) is 4.03. The van der Waals surface area contributed by atoms with Gasteiger partial charge in [0.25, 0.3) is 0 Å². The number of benzene rings is 1. The molecule has 3 heteroatoms. The maximum Gasteiger partial charge on any atom is 0.0980 e. The summed E-state index contributed by atoms with van der Waals surface area (Å²) in [5, 5.41) is 4.14. The average molecular weight is 250 g/mol. The van der Waals surface area contributed by atoms with E-state index in [2.05, 4.69) is 31.3 Å². The van der Waals surface area contributed by atoms with E-state index < -0.39 is 0 Å². The monoisotopic (exact) mass is 249 g/mol. The fourth-order valence-corrected chi connectivity index (χ4v) is 2.25. The first kappa shape index (κ1) is 12.2. The number of nitrogens with one attached hydrogen (secondary N) is 1. The van der Waals surface area contributed by atoms with Crippen LogP contribution in [0.3, 0.4) is 0 Å². The van der Waals surface area contributed by atoms with Gasteiger partial charge in [-0.1, -0.05) is 30.7 Å². The topological polar surface area (TPSA) is 25.2 Å². The third-order valence-electron chi connectivity index (χ3n) is 2.83. The van der Waals surface area contributed by atoms with Gasteiger partial charge in [0.2, 0.25) is 0 Å². The highest BCUT2D eigenvalue weighted by Crippen LogP contribution is 2.29. The van der Waals surface area contributed by atoms with Crippen LogP contribution in [0.5, 0.6) is 0 Å². The second kappa shape index (κ2) is 5.39. The van der Waals surface area contributed by atoms with Gasteiger partial charge in [-0.15, -0.1) is 0 Å². The highest BCUT2D eigenvalue weighted by molar-refractivity contribution is 6.31. The van der Waals surface area contributed by atoms with E-state index >= 15 is 0 Å². The highest BCUT2D eigenvalue weighted by atomic mass is 35.5. The average Bonchev–Trinajstić information content (AvgIpc) is 2.82. The number of halogens is 1. The van der Waals surface area contributed by atoms with Gasteiger partial charge in [-0.25, -0.2) is 0 Å². The molecule has 0 bridgehead atoms. The summed E-state index contributed by atoms with van der Waals surface area (Å²) in [5.74, 6) is 0. The lowest BCUT2D eigenvalue weighted by Crippen LogP contribution is -2.17. The van der Waals surface area contributed by atoms with E-state index in [1.54, 1.807) is 12.5 Å². The van der Waals surface area contributed by atoms with Gasteiger partial charge in [0, 0.05) is 16.6 Å². The van der Waals surface area contributed by atoms with Gasteiger partial charge in [-0.05, 0) is 36.7 Å². The maximum atomic E-state index is 6.31. The molecule has 1 aromatic carbocycles. The van der Waals surface area contributed by atoms with Crippen LogP contribution in [0.15, 0.2) is 41.2 Å². The predicted molar refractivity (Wildman–Crippen MR) is 71.2 cm³/mol. The Bertz CT molecular complexity index is 479. The van der Waals surface area contributed by atoms with Gasteiger partial charge in [0.1, 0.15) is 0 Å². The standard InChI is InChI=1S/C14H16ClNO/c1-3-16-10(2)13-5-4-11(8-14(13)15)12-6-7-17-9-12/h4-10,16H,3H2,1-2H3. The molecule has 1 unspecified atom stereocenters. The van der Waals surface area contributed by atoms with Crippen LogP contribution in [0, 0.1) is 0 Å². The molecular weight excluding hydrogens is 234 g/mol. The van der Waals surface area contributed by atoms with Crippen molar-refractivity contribution in [3.05, 3.63) is 47.4 Å². The lowest BCUT2D eigenvalue weighted by Gasteiger charge is -2.15. The molecule has 0 spiro atoms. The second-order valence-corrected chi connectivity index (χ2v) is 4.43. The number of hydrogen-bond acceptors (Lipinski definition) is 2. The van der Waals surface area contributed by atoms with Crippen LogP contribution < -0.4 is 5.32 Å². The molecule has 1 heterocycles.